The zero-order chi connectivity index (χ0) is 15.6. The van der Waals surface area contributed by atoms with Gasteiger partial charge in [-0.25, -0.2) is 9.18 Å². The molecule has 108 valence electrons. The van der Waals surface area contributed by atoms with Crippen LogP contribution in [0.2, 0.25) is 5.02 Å². The first-order valence-corrected chi connectivity index (χ1v) is 6.00. The van der Waals surface area contributed by atoms with Crippen LogP contribution >= 0.6 is 11.6 Å². The molecule has 0 aliphatic heterocycles. The third-order valence-electron chi connectivity index (χ3n) is 2.60. The molecule has 8 heteroatoms. The second kappa shape index (κ2) is 5.76. The number of aromatic carboxylic acids is 1. The van der Waals surface area contributed by atoms with Crippen molar-refractivity contribution in [3.05, 3.63) is 62.9 Å². The molecule has 0 aliphatic carbocycles. The maximum absolute atomic E-state index is 13.3. The summed E-state index contributed by atoms with van der Waals surface area (Å²) in [6.45, 7) is 0. The van der Waals surface area contributed by atoms with E-state index in [4.69, 9.17) is 16.7 Å². The minimum absolute atomic E-state index is 0.0768. The molecular formula is C13H8ClFN2O4. The molecule has 2 rings (SSSR count). The van der Waals surface area contributed by atoms with Gasteiger partial charge in [-0.05, 0) is 24.3 Å². The van der Waals surface area contributed by atoms with Gasteiger partial charge < -0.3 is 10.4 Å². The summed E-state index contributed by atoms with van der Waals surface area (Å²) >= 11 is 5.69. The van der Waals surface area contributed by atoms with Crippen LogP contribution < -0.4 is 5.32 Å². The molecule has 21 heavy (non-hydrogen) atoms. The molecule has 0 fully saturated rings. The highest BCUT2D eigenvalue weighted by Gasteiger charge is 2.21. The van der Waals surface area contributed by atoms with Crippen molar-refractivity contribution in [3.63, 3.8) is 0 Å². The summed E-state index contributed by atoms with van der Waals surface area (Å²) in [6.07, 6.45) is 0. The molecule has 0 saturated heterocycles. The summed E-state index contributed by atoms with van der Waals surface area (Å²) in [5, 5.41) is 22.7. The highest BCUT2D eigenvalue weighted by molar-refractivity contribution is 6.30. The smallest absolute Gasteiger partial charge is 0.338 e. The van der Waals surface area contributed by atoms with Gasteiger partial charge in [-0.3, -0.25) is 10.1 Å². The Morgan fingerprint density at radius 1 is 1.33 bits per heavy atom. The van der Waals surface area contributed by atoms with E-state index in [-0.39, 0.29) is 22.0 Å². The Balaban J connectivity index is 2.56. The maximum Gasteiger partial charge on any atom is 0.338 e. The fourth-order valence-corrected chi connectivity index (χ4v) is 1.99. The Morgan fingerprint density at radius 3 is 2.62 bits per heavy atom. The summed E-state index contributed by atoms with van der Waals surface area (Å²) in [5.41, 5.74) is -0.867. The SMILES string of the molecule is O=C(O)c1cccc([N+](=O)[O-])c1Nc1cc(F)cc(Cl)c1. The second-order valence-corrected chi connectivity index (χ2v) is 4.48. The second-order valence-electron chi connectivity index (χ2n) is 4.05. The van der Waals surface area contributed by atoms with Crippen molar-refractivity contribution < 1.29 is 19.2 Å². The van der Waals surface area contributed by atoms with E-state index in [0.717, 1.165) is 18.2 Å². The predicted molar refractivity (Wildman–Crippen MR) is 74.7 cm³/mol. The van der Waals surface area contributed by atoms with Crippen LogP contribution in [0, 0.1) is 15.9 Å². The highest BCUT2D eigenvalue weighted by atomic mass is 35.5. The van der Waals surface area contributed by atoms with Crippen molar-refractivity contribution in [1.82, 2.24) is 0 Å². The summed E-state index contributed by atoms with van der Waals surface area (Å²) in [7, 11) is 0. The monoisotopic (exact) mass is 310 g/mol. The lowest BCUT2D eigenvalue weighted by molar-refractivity contribution is -0.383. The fourth-order valence-electron chi connectivity index (χ4n) is 1.77. The van der Waals surface area contributed by atoms with Crippen molar-refractivity contribution in [3.8, 4) is 0 Å². The average Bonchev–Trinajstić information content (AvgIpc) is 2.37. The van der Waals surface area contributed by atoms with Crippen molar-refractivity contribution in [2.24, 2.45) is 0 Å². The van der Waals surface area contributed by atoms with Gasteiger partial charge in [0.2, 0.25) is 0 Å². The Hall–Kier alpha value is -2.67. The standard InChI is InChI=1S/C13H8ClFN2O4/c14-7-4-8(15)6-9(5-7)16-12-10(13(18)19)2-1-3-11(12)17(20)21/h1-6,16H,(H,18,19). The van der Waals surface area contributed by atoms with Crippen LogP contribution in [-0.4, -0.2) is 16.0 Å². The van der Waals surface area contributed by atoms with Gasteiger partial charge in [0.25, 0.3) is 5.69 Å². The number of para-hydroxylation sites is 1. The molecule has 2 aromatic rings. The van der Waals surface area contributed by atoms with Crippen molar-refractivity contribution in [2.75, 3.05) is 5.32 Å². The van der Waals surface area contributed by atoms with Crippen molar-refractivity contribution in [1.29, 1.82) is 0 Å². The lowest BCUT2D eigenvalue weighted by Crippen LogP contribution is -2.06. The molecule has 2 aromatic carbocycles. The number of nitro groups is 1. The quantitative estimate of drug-likeness (QED) is 0.661. The Bertz CT molecular complexity index is 684. The third kappa shape index (κ3) is 3.26. The number of carboxylic acids is 1. The number of carbonyl (C=O) groups is 1. The molecule has 0 spiro atoms. The molecule has 0 amide bonds. The van der Waals surface area contributed by atoms with E-state index in [1.165, 1.54) is 18.2 Å². The minimum Gasteiger partial charge on any atom is -0.478 e. The number of hydrogen-bond donors (Lipinski definition) is 2. The van der Waals surface area contributed by atoms with Gasteiger partial charge in [0.15, 0.2) is 0 Å². The van der Waals surface area contributed by atoms with E-state index in [9.17, 15) is 19.3 Å². The first-order valence-electron chi connectivity index (χ1n) is 5.62. The molecule has 0 saturated carbocycles. The molecule has 0 unspecified atom stereocenters. The molecule has 0 atom stereocenters. The molecule has 2 N–H and O–H groups in total. The van der Waals surface area contributed by atoms with E-state index in [1.54, 1.807) is 0 Å². The van der Waals surface area contributed by atoms with Gasteiger partial charge >= 0.3 is 5.97 Å². The van der Waals surface area contributed by atoms with Gasteiger partial charge in [0.05, 0.1) is 10.5 Å². The molecule has 0 heterocycles. The lowest BCUT2D eigenvalue weighted by Gasteiger charge is -2.10. The van der Waals surface area contributed by atoms with Gasteiger partial charge in [0, 0.05) is 16.8 Å². The van der Waals surface area contributed by atoms with Crippen LogP contribution in [0.1, 0.15) is 10.4 Å². The number of carboxylic acid groups (broad SMARTS) is 1. The third-order valence-corrected chi connectivity index (χ3v) is 2.82. The zero-order valence-corrected chi connectivity index (χ0v) is 11.1. The number of rotatable bonds is 4. The van der Waals surface area contributed by atoms with Crippen LogP contribution in [0.25, 0.3) is 0 Å². The van der Waals surface area contributed by atoms with E-state index in [0.29, 0.717) is 0 Å². The molecule has 0 radical (unpaired) electrons. The van der Waals surface area contributed by atoms with Gasteiger partial charge in [-0.2, -0.15) is 0 Å². The Kier molecular flexibility index (Phi) is 4.04. The highest BCUT2D eigenvalue weighted by Crippen LogP contribution is 2.32. The summed E-state index contributed by atoms with van der Waals surface area (Å²) in [5.74, 6) is -2.00. The number of nitrogens with zero attached hydrogens (tertiary/aromatic N) is 1. The summed E-state index contributed by atoms with van der Waals surface area (Å²) < 4.78 is 13.3. The van der Waals surface area contributed by atoms with Gasteiger partial charge in [0.1, 0.15) is 11.5 Å². The number of nitrogens with one attached hydrogen (secondary N) is 1. The normalized spacial score (nSPS) is 10.2. The number of halogens is 2. The number of anilines is 2. The number of benzene rings is 2. The largest absolute Gasteiger partial charge is 0.478 e. The molecular weight excluding hydrogens is 303 g/mol. The summed E-state index contributed by atoms with van der Waals surface area (Å²) in [4.78, 5) is 21.4. The van der Waals surface area contributed by atoms with E-state index in [2.05, 4.69) is 5.32 Å². The molecule has 0 aromatic heterocycles. The van der Waals surface area contributed by atoms with Crippen LogP contribution in [0.15, 0.2) is 36.4 Å². The number of hydrogen-bond acceptors (Lipinski definition) is 4. The van der Waals surface area contributed by atoms with Crippen LogP contribution in [-0.2, 0) is 0 Å². The van der Waals surface area contributed by atoms with E-state index in [1.807, 2.05) is 0 Å². The average molecular weight is 311 g/mol. The van der Waals surface area contributed by atoms with Gasteiger partial charge in [-0.1, -0.05) is 17.7 Å². The number of nitro benzene ring substituents is 1. The molecule has 6 nitrogen and oxygen atoms in total. The van der Waals surface area contributed by atoms with Crippen LogP contribution in [0.4, 0.5) is 21.5 Å². The van der Waals surface area contributed by atoms with Crippen molar-refractivity contribution >= 4 is 34.6 Å². The van der Waals surface area contributed by atoms with E-state index < -0.39 is 22.4 Å². The first kappa shape index (κ1) is 14.7. The zero-order valence-electron chi connectivity index (χ0n) is 10.3. The maximum atomic E-state index is 13.3. The summed E-state index contributed by atoms with van der Waals surface area (Å²) in [6, 6.07) is 7.05. The van der Waals surface area contributed by atoms with Crippen LogP contribution in [0.5, 0.6) is 0 Å². The fraction of sp³-hybridized carbons (Fsp3) is 0. The Labute approximate surface area is 122 Å². The molecule has 0 aliphatic rings. The topological polar surface area (TPSA) is 92.5 Å². The Morgan fingerprint density at radius 2 is 2.05 bits per heavy atom. The first-order chi connectivity index (χ1) is 9.88. The van der Waals surface area contributed by atoms with Crippen LogP contribution in [0.3, 0.4) is 0 Å². The predicted octanol–water partition coefficient (Wildman–Crippen LogP) is 3.83. The van der Waals surface area contributed by atoms with Gasteiger partial charge in [-0.15, -0.1) is 0 Å². The lowest BCUT2D eigenvalue weighted by atomic mass is 10.1. The molecule has 0 bridgehead atoms. The minimum atomic E-state index is -1.34. The van der Waals surface area contributed by atoms with Crippen molar-refractivity contribution in [2.45, 2.75) is 0 Å². The van der Waals surface area contributed by atoms with E-state index >= 15 is 0 Å².